The van der Waals surface area contributed by atoms with E-state index in [4.69, 9.17) is 4.74 Å². The van der Waals surface area contributed by atoms with E-state index in [1.54, 1.807) is 0 Å². The summed E-state index contributed by atoms with van der Waals surface area (Å²) < 4.78 is 5.13. The van der Waals surface area contributed by atoms with Crippen molar-refractivity contribution in [3.8, 4) is 0 Å². The molecule has 1 saturated heterocycles. The zero-order chi connectivity index (χ0) is 8.32. The van der Waals surface area contributed by atoms with Crippen molar-refractivity contribution in [3.63, 3.8) is 0 Å². The van der Waals surface area contributed by atoms with Crippen LogP contribution in [0.15, 0.2) is 12.2 Å². The first kappa shape index (κ1) is 8.31. The van der Waals surface area contributed by atoms with Crippen LogP contribution in [0.3, 0.4) is 0 Å². The summed E-state index contributed by atoms with van der Waals surface area (Å²) in [5, 5.41) is 0. The molecule has 2 nitrogen and oxygen atoms in total. The zero-order valence-corrected chi connectivity index (χ0v) is 7.09. The minimum absolute atomic E-state index is 0.0757. The molecule has 1 aliphatic heterocycles. The summed E-state index contributed by atoms with van der Waals surface area (Å²) in [6.07, 6.45) is 6.40. The van der Waals surface area contributed by atoms with E-state index in [2.05, 4.69) is 6.92 Å². The van der Waals surface area contributed by atoms with Crippen molar-refractivity contribution < 1.29 is 9.53 Å². The third-order valence-corrected chi connectivity index (χ3v) is 1.88. The molecule has 2 heteroatoms. The van der Waals surface area contributed by atoms with Gasteiger partial charge in [0.25, 0.3) is 0 Å². The molecule has 0 aromatic carbocycles. The second kappa shape index (κ2) is 3.07. The molecule has 1 rings (SSSR count). The van der Waals surface area contributed by atoms with Gasteiger partial charge in [0.1, 0.15) is 5.60 Å². The summed E-state index contributed by atoms with van der Waals surface area (Å²) in [5.74, 6) is -0.0757. The van der Waals surface area contributed by atoms with E-state index in [0.717, 1.165) is 12.8 Å². The van der Waals surface area contributed by atoms with Crippen molar-refractivity contribution in [2.24, 2.45) is 0 Å². The average molecular weight is 154 g/mol. The van der Waals surface area contributed by atoms with Gasteiger partial charge >= 0.3 is 5.97 Å². The lowest BCUT2D eigenvalue weighted by atomic mass is 10.0. The van der Waals surface area contributed by atoms with Gasteiger partial charge in [0.2, 0.25) is 0 Å². The third kappa shape index (κ3) is 2.07. The predicted octanol–water partition coefficient (Wildman–Crippen LogP) is 2.05. The van der Waals surface area contributed by atoms with E-state index in [1.807, 2.05) is 19.1 Å². The quantitative estimate of drug-likeness (QED) is 0.449. The molecule has 1 fully saturated rings. The number of esters is 1. The summed E-state index contributed by atoms with van der Waals surface area (Å²) in [6.45, 7) is 4.01. The third-order valence-electron chi connectivity index (χ3n) is 1.88. The molecular formula is C9H14O2. The van der Waals surface area contributed by atoms with E-state index < -0.39 is 0 Å². The second-order valence-electron chi connectivity index (χ2n) is 3.10. The van der Waals surface area contributed by atoms with Crippen LogP contribution in [0.5, 0.6) is 0 Å². The highest BCUT2D eigenvalue weighted by Gasteiger charge is 2.32. The molecule has 1 unspecified atom stereocenters. The van der Waals surface area contributed by atoms with Crippen LogP contribution < -0.4 is 0 Å². The first-order valence-corrected chi connectivity index (χ1v) is 4.06. The lowest BCUT2D eigenvalue weighted by Crippen LogP contribution is -2.19. The number of cyclic esters (lactones) is 1. The normalized spacial score (nSPS) is 31.3. The number of rotatable bonds is 2. The smallest absolute Gasteiger partial charge is 0.306 e. The minimum atomic E-state index is -0.312. The Morgan fingerprint density at radius 2 is 2.45 bits per heavy atom. The van der Waals surface area contributed by atoms with E-state index in [0.29, 0.717) is 6.42 Å². The monoisotopic (exact) mass is 154 g/mol. The SMILES string of the molecule is CC/C=C/C1(C)CCC(=O)O1. The molecule has 0 radical (unpaired) electrons. The first-order chi connectivity index (χ1) is 5.16. The van der Waals surface area contributed by atoms with Gasteiger partial charge in [0, 0.05) is 12.8 Å². The lowest BCUT2D eigenvalue weighted by molar-refractivity contribution is -0.144. The molecule has 0 amide bonds. The Labute approximate surface area is 67.2 Å². The van der Waals surface area contributed by atoms with Gasteiger partial charge in [-0.1, -0.05) is 13.0 Å². The van der Waals surface area contributed by atoms with Crippen LogP contribution in [0.25, 0.3) is 0 Å². The van der Waals surface area contributed by atoms with Crippen LogP contribution in [-0.2, 0) is 9.53 Å². The van der Waals surface area contributed by atoms with Crippen LogP contribution in [0.4, 0.5) is 0 Å². The summed E-state index contributed by atoms with van der Waals surface area (Å²) in [6, 6.07) is 0. The van der Waals surface area contributed by atoms with Crippen LogP contribution in [0.1, 0.15) is 33.1 Å². The zero-order valence-electron chi connectivity index (χ0n) is 7.09. The number of hydrogen-bond acceptors (Lipinski definition) is 2. The van der Waals surface area contributed by atoms with Crippen molar-refractivity contribution in [1.82, 2.24) is 0 Å². The Balaban J connectivity index is 2.54. The van der Waals surface area contributed by atoms with Gasteiger partial charge in [-0.15, -0.1) is 0 Å². The standard InChI is InChI=1S/C9H14O2/c1-3-4-6-9(2)7-5-8(10)11-9/h4,6H,3,5,7H2,1-2H3/b6-4+. The van der Waals surface area contributed by atoms with Gasteiger partial charge in [-0.05, 0) is 19.4 Å². The van der Waals surface area contributed by atoms with Gasteiger partial charge in [-0.3, -0.25) is 4.79 Å². The van der Waals surface area contributed by atoms with Gasteiger partial charge in [0.15, 0.2) is 0 Å². The maximum absolute atomic E-state index is 10.8. The van der Waals surface area contributed by atoms with E-state index in [1.165, 1.54) is 0 Å². The molecule has 1 heterocycles. The number of carbonyl (C=O) groups excluding carboxylic acids is 1. The molecule has 0 bridgehead atoms. The van der Waals surface area contributed by atoms with Crippen molar-refractivity contribution in [3.05, 3.63) is 12.2 Å². The van der Waals surface area contributed by atoms with Gasteiger partial charge in [-0.2, -0.15) is 0 Å². The van der Waals surface area contributed by atoms with E-state index in [9.17, 15) is 4.79 Å². The fraction of sp³-hybridized carbons (Fsp3) is 0.667. The van der Waals surface area contributed by atoms with Crippen LogP contribution >= 0.6 is 0 Å². The molecule has 0 aliphatic carbocycles. The van der Waals surface area contributed by atoms with Gasteiger partial charge in [0.05, 0.1) is 0 Å². The molecule has 1 atom stereocenters. The molecule has 1 aliphatic rings. The molecule has 0 saturated carbocycles. The molecule has 0 aromatic heterocycles. The fourth-order valence-electron chi connectivity index (χ4n) is 1.20. The number of carbonyl (C=O) groups is 1. The van der Waals surface area contributed by atoms with E-state index in [-0.39, 0.29) is 11.6 Å². The maximum atomic E-state index is 10.8. The highest BCUT2D eigenvalue weighted by Crippen LogP contribution is 2.27. The summed E-state index contributed by atoms with van der Waals surface area (Å²) in [5.41, 5.74) is -0.312. The Bertz CT molecular complexity index is 184. The Kier molecular flexibility index (Phi) is 2.32. The highest BCUT2D eigenvalue weighted by molar-refractivity contribution is 5.72. The first-order valence-electron chi connectivity index (χ1n) is 4.06. The maximum Gasteiger partial charge on any atom is 0.306 e. The summed E-state index contributed by atoms with van der Waals surface area (Å²) >= 11 is 0. The minimum Gasteiger partial charge on any atom is -0.455 e. The Morgan fingerprint density at radius 1 is 1.73 bits per heavy atom. The Hall–Kier alpha value is -0.790. The number of ether oxygens (including phenoxy) is 1. The van der Waals surface area contributed by atoms with Gasteiger partial charge in [-0.25, -0.2) is 0 Å². The average Bonchev–Trinajstić information content (AvgIpc) is 2.28. The molecule has 11 heavy (non-hydrogen) atoms. The highest BCUT2D eigenvalue weighted by atomic mass is 16.6. The predicted molar refractivity (Wildman–Crippen MR) is 43.2 cm³/mol. The Morgan fingerprint density at radius 3 is 2.91 bits per heavy atom. The van der Waals surface area contributed by atoms with Crippen molar-refractivity contribution >= 4 is 5.97 Å². The number of hydrogen-bond donors (Lipinski definition) is 0. The van der Waals surface area contributed by atoms with Crippen molar-refractivity contribution in [2.75, 3.05) is 0 Å². The van der Waals surface area contributed by atoms with Crippen LogP contribution in [0.2, 0.25) is 0 Å². The largest absolute Gasteiger partial charge is 0.455 e. The number of allylic oxidation sites excluding steroid dienone is 1. The van der Waals surface area contributed by atoms with Crippen LogP contribution in [-0.4, -0.2) is 11.6 Å². The van der Waals surface area contributed by atoms with Crippen molar-refractivity contribution in [2.45, 2.75) is 38.7 Å². The topological polar surface area (TPSA) is 26.3 Å². The summed E-state index contributed by atoms with van der Waals surface area (Å²) in [4.78, 5) is 10.8. The molecule has 0 aromatic rings. The van der Waals surface area contributed by atoms with Crippen LogP contribution in [0, 0.1) is 0 Å². The molecular weight excluding hydrogens is 140 g/mol. The van der Waals surface area contributed by atoms with Crippen molar-refractivity contribution in [1.29, 1.82) is 0 Å². The fourth-order valence-corrected chi connectivity index (χ4v) is 1.20. The second-order valence-corrected chi connectivity index (χ2v) is 3.10. The summed E-state index contributed by atoms with van der Waals surface area (Å²) in [7, 11) is 0. The van der Waals surface area contributed by atoms with E-state index >= 15 is 0 Å². The molecule has 0 spiro atoms. The molecule has 62 valence electrons. The molecule has 0 N–H and O–H groups in total. The lowest BCUT2D eigenvalue weighted by Gasteiger charge is -2.16. The van der Waals surface area contributed by atoms with Gasteiger partial charge < -0.3 is 4.74 Å².